The molecular formula is C13H18ClN3O2. The van der Waals surface area contributed by atoms with Crippen LogP contribution < -0.4 is 16.8 Å². The first-order chi connectivity index (χ1) is 8.84. The Balaban J connectivity index is 2.98. The SMILES string of the molecule is CCC(C)(CN)C(=O)Nc1ccc(Cl)c(C(N)=O)c1. The Morgan fingerprint density at radius 2 is 2.05 bits per heavy atom. The standard InChI is InChI=1S/C13H18ClN3O2/c1-3-13(2,7-15)12(19)17-8-4-5-10(14)9(6-8)11(16)18/h4-6H,3,7,15H2,1-2H3,(H2,16,18)(H,17,19). The maximum Gasteiger partial charge on any atom is 0.250 e. The van der Waals surface area contributed by atoms with E-state index in [9.17, 15) is 9.59 Å². The molecule has 1 unspecified atom stereocenters. The van der Waals surface area contributed by atoms with Crippen molar-refractivity contribution in [2.75, 3.05) is 11.9 Å². The highest BCUT2D eigenvalue weighted by Gasteiger charge is 2.29. The summed E-state index contributed by atoms with van der Waals surface area (Å²) in [6, 6.07) is 4.58. The van der Waals surface area contributed by atoms with Gasteiger partial charge in [0.25, 0.3) is 0 Å². The Kier molecular flexibility index (Phi) is 4.91. The van der Waals surface area contributed by atoms with Crippen molar-refractivity contribution < 1.29 is 9.59 Å². The summed E-state index contributed by atoms with van der Waals surface area (Å²) in [4.78, 5) is 23.3. The molecular weight excluding hydrogens is 266 g/mol. The highest BCUT2D eigenvalue weighted by Crippen LogP contribution is 2.24. The Labute approximate surface area is 117 Å². The molecule has 2 amide bonds. The van der Waals surface area contributed by atoms with Crippen LogP contribution >= 0.6 is 11.6 Å². The van der Waals surface area contributed by atoms with Crippen LogP contribution in [0.1, 0.15) is 30.6 Å². The average molecular weight is 284 g/mol. The number of carbonyl (C=O) groups excluding carboxylic acids is 2. The molecule has 1 rings (SSSR count). The van der Waals surface area contributed by atoms with Gasteiger partial charge in [0.1, 0.15) is 0 Å². The Hall–Kier alpha value is -1.59. The molecule has 0 saturated heterocycles. The second-order valence-electron chi connectivity index (χ2n) is 4.63. The molecule has 6 heteroatoms. The largest absolute Gasteiger partial charge is 0.366 e. The maximum atomic E-state index is 12.1. The van der Waals surface area contributed by atoms with Crippen molar-refractivity contribution in [3.8, 4) is 0 Å². The lowest BCUT2D eigenvalue weighted by atomic mass is 9.86. The Morgan fingerprint density at radius 3 is 2.53 bits per heavy atom. The quantitative estimate of drug-likeness (QED) is 0.768. The van der Waals surface area contributed by atoms with Gasteiger partial charge in [-0.25, -0.2) is 0 Å². The topological polar surface area (TPSA) is 98.2 Å². The lowest BCUT2D eigenvalue weighted by Gasteiger charge is -2.25. The van der Waals surface area contributed by atoms with Crippen LogP contribution in [0.2, 0.25) is 5.02 Å². The number of primary amides is 1. The molecule has 104 valence electrons. The minimum Gasteiger partial charge on any atom is -0.366 e. The molecule has 0 aliphatic carbocycles. The molecule has 1 aromatic rings. The number of anilines is 1. The van der Waals surface area contributed by atoms with Crippen LogP contribution in [0.3, 0.4) is 0 Å². The van der Waals surface area contributed by atoms with E-state index in [1.54, 1.807) is 13.0 Å². The lowest BCUT2D eigenvalue weighted by molar-refractivity contribution is -0.124. The number of halogens is 1. The molecule has 1 atom stereocenters. The van der Waals surface area contributed by atoms with E-state index in [0.29, 0.717) is 12.1 Å². The maximum absolute atomic E-state index is 12.1. The summed E-state index contributed by atoms with van der Waals surface area (Å²) < 4.78 is 0. The van der Waals surface area contributed by atoms with Crippen LogP contribution in [0.4, 0.5) is 5.69 Å². The smallest absolute Gasteiger partial charge is 0.250 e. The van der Waals surface area contributed by atoms with E-state index in [2.05, 4.69) is 5.32 Å². The molecule has 0 bridgehead atoms. The predicted molar refractivity (Wildman–Crippen MR) is 76.1 cm³/mol. The number of nitrogens with one attached hydrogen (secondary N) is 1. The van der Waals surface area contributed by atoms with E-state index in [1.807, 2.05) is 6.92 Å². The van der Waals surface area contributed by atoms with Crippen molar-refractivity contribution in [2.24, 2.45) is 16.9 Å². The van der Waals surface area contributed by atoms with Crippen LogP contribution in [0.5, 0.6) is 0 Å². The normalized spacial score (nSPS) is 13.7. The molecule has 1 aromatic carbocycles. The Bertz CT molecular complexity index is 499. The highest BCUT2D eigenvalue weighted by atomic mass is 35.5. The van der Waals surface area contributed by atoms with Crippen LogP contribution in [0, 0.1) is 5.41 Å². The van der Waals surface area contributed by atoms with Crippen LogP contribution in [-0.2, 0) is 4.79 Å². The number of benzene rings is 1. The molecule has 0 heterocycles. The summed E-state index contributed by atoms with van der Waals surface area (Å²) in [5.74, 6) is -0.839. The van der Waals surface area contributed by atoms with Gasteiger partial charge in [0, 0.05) is 12.2 Å². The van der Waals surface area contributed by atoms with Gasteiger partial charge in [0.15, 0.2) is 0 Å². The molecule has 0 fully saturated rings. The minimum atomic E-state index is -0.646. The molecule has 0 radical (unpaired) electrons. The molecule has 0 aliphatic heterocycles. The zero-order valence-corrected chi connectivity index (χ0v) is 11.8. The number of hydrogen-bond donors (Lipinski definition) is 3. The van der Waals surface area contributed by atoms with Gasteiger partial charge in [-0.3, -0.25) is 9.59 Å². The Morgan fingerprint density at radius 1 is 1.42 bits per heavy atom. The van der Waals surface area contributed by atoms with Gasteiger partial charge in [0.05, 0.1) is 16.0 Å². The summed E-state index contributed by atoms with van der Waals surface area (Å²) in [6.45, 7) is 3.92. The first-order valence-corrected chi connectivity index (χ1v) is 6.32. The van der Waals surface area contributed by atoms with E-state index in [0.717, 1.165) is 0 Å². The minimum absolute atomic E-state index is 0.172. The van der Waals surface area contributed by atoms with Crippen molar-refractivity contribution in [1.82, 2.24) is 0 Å². The fourth-order valence-electron chi connectivity index (χ4n) is 1.47. The second kappa shape index (κ2) is 6.04. The molecule has 0 saturated carbocycles. The van der Waals surface area contributed by atoms with Crippen molar-refractivity contribution in [1.29, 1.82) is 0 Å². The number of carbonyl (C=O) groups is 2. The zero-order valence-electron chi connectivity index (χ0n) is 11.0. The van der Waals surface area contributed by atoms with Gasteiger partial charge in [-0.05, 0) is 31.5 Å². The third-order valence-corrected chi connectivity index (χ3v) is 3.60. The first-order valence-electron chi connectivity index (χ1n) is 5.95. The fourth-order valence-corrected chi connectivity index (χ4v) is 1.68. The first kappa shape index (κ1) is 15.5. The summed E-state index contributed by atoms with van der Waals surface area (Å²) in [7, 11) is 0. The summed E-state index contributed by atoms with van der Waals surface area (Å²) in [5.41, 5.74) is 10.8. The number of amides is 2. The van der Waals surface area contributed by atoms with Crippen molar-refractivity contribution in [3.63, 3.8) is 0 Å². The van der Waals surface area contributed by atoms with Gasteiger partial charge in [-0.15, -0.1) is 0 Å². The van der Waals surface area contributed by atoms with Crippen molar-refractivity contribution >= 4 is 29.1 Å². The predicted octanol–water partition coefficient (Wildman–Crippen LogP) is 1.75. The molecule has 5 N–H and O–H groups in total. The van der Waals surface area contributed by atoms with Crippen LogP contribution in [-0.4, -0.2) is 18.4 Å². The van der Waals surface area contributed by atoms with E-state index in [4.69, 9.17) is 23.1 Å². The van der Waals surface area contributed by atoms with Gasteiger partial charge in [0.2, 0.25) is 11.8 Å². The van der Waals surface area contributed by atoms with Gasteiger partial charge in [-0.2, -0.15) is 0 Å². The van der Waals surface area contributed by atoms with Gasteiger partial charge < -0.3 is 16.8 Å². The molecule has 0 spiro atoms. The molecule has 0 aliphatic rings. The van der Waals surface area contributed by atoms with Crippen molar-refractivity contribution in [2.45, 2.75) is 20.3 Å². The fraction of sp³-hybridized carbons (Fsp3) is 0.385. The summed E-state index contributed by atoms with van der Waals surface area (Å²) >= 11 is 5.84. The average Bonchev–Trinajstić information content (AvgIpc) is 2.39. The molecule has 19 heavy (non-hydrogen) atoms. The molecule has 5 nitrogen and oxygen atoms in total. The second-order valence-corrected chi connectivity index (χ2v) is 5.04. The number of rotatable bonds is 5. The highest BCUT2D eigenvalue weighted by molar-refractivity contribution is 6.34. The van der Waals surface area contributed by atoms with E-state index in [-0.39, 0.29) is 23.0 Å². The van der Waals surface area contributed by atoms with Gasteiger partial charge in [-0.1, -0.05) is 18.5 Å². The van der Waals surface area contributed by atoms with E-state index in [1.165, 1.54) is 12.1 Å². The third-order valence-electron chi connectivity index (χ3n) is 3.27. The van der Waals surface area contributed by atoms with E-state index < -0.39 is 11.3 Å². The third kappa shape index (κ3) is 3.45. The zero-order chi connectivity index (χ0) is 14.6. The monoisotopic (exact) mass is 283 g/mol. The number of hydrogen-bond acceptors (Lipinski definition) is 3. The van der Waals surface area contributed by atoms with Gasteiger partial charge >= 0.3 is 0 Å². The lowest BCUT2D eigenvalue weighted by Crippen LogP contribution is -2.39. The van der Waals surface area contributed by atoms with Crippen molar-refractivity contribution in [3.05, 3.63) is 28.8 Å². The summed E-state index contributed by atoms with van der Waals surface area (Å²) in [6.07, 6.45) is 0.617. The summed E-state index contributed by atoms with van der Waals surface area (Å²) in [5, 5.41) is 2.97. The van der Waals surface area contributed by atoms with Crippen LogP contribution in [0.15, 0.2) is 18.2 Å². The van der Waals surface area contributed by atoms with E-state index >= 15 is 0 Å². The molecule has 0 aromatic heterocycles. The number of nitrogens with two attached hydrogens (primary N) is 2. The van der Waals surface area contributed by atoms with Crippen LogP contribution in [0.25, 0.3) is 0 Å².